The van der Waals surface area contributed by atoms with Gasteiger partial charge in [0.25, 0.3) is 0 Å². The minimum absolute atomic E-state index is 0.0181. The molecule has 1 atom stereocenters. The van der Waals surface area contributed by atoms with Crippen molar-refractivity contribution in [1.29, 1.82) is 0 Å². The largest absolute Gasteiger partial charge is 0.382 e. The first kappa shape index (κ1) is 13.1. The third-order valence-electron chi connectivity index (χ3n) is 3.07. The van der Waals surface area contributed by atoms with Crippen molar-refractivity contribution in [2.24, 2.45) is 0 Å². The molecule has 0 aliphatic carbocycles. The molecule has 3 rings (SSSR count). The van der Waals surface area contributed by atoms with Gasteiger partial charge in [-0.3, -0.25) is 0 Å². The quantitative estimate of drug-likeness (QED) is 0.753. The van der Waals surface area contributed by atoms with Crippen LogP contribution < -0.4 is 5.32 Å². The number of nitrogens with one attached hydrogen (secondary N) is 1. The van der Waals surface area contributed by atoms with Crippen molar-refractivity contribution in [3.63, 3.8) is 0 Å². The van der Waals surface area contributed by atoms with E-state index in [4.69, 9.17) is 12.2 Å². The molecule has 0 spiro atoms. The van der Waals surface area contributed by atoms with Gasteiger partial charge in [0.2, 0.25) is 0 Å². The van der Waals surface area contributed by atoms with Gasteiger partial charge in [0.1, 0.15) is 15.4 Å². The van der Waals surface area contributed by atoms with E-state index in [0.29, 0.717) is 0 Å². The van der Waals surface area contributed by atoms with Gasteiger partial charge in [-0.15, -0.1) is 0 Å². The third kappa shape index (κ3) is 2.42. The number of fused-ring (bicyclic) bond motifs is 1. The van der Waals surface area contributed by atoms with Gasteiger partial charge in [0.15, 0.2) is 0 Å². The van der Waals surface area contributed by atoms with Gasteiger partial charge in [-0.25, -0.2) is 9.97 Å². The number of hydrogen-bond donors (Lipinski definition) is 1. The molecule has 1 aromatic carbocycles. The number of likely N-dealkylation sites (N-methyl/N-ethyl adjacent to an activating group) is 1. The molecule has 2 heterocycles. The van der Waals surface area contributed by atoms with Gasteiger partial charge in [0, 0.05) is 13.2 Å². The Morgan fingerprint density at radius 3 is 2.70 bits per heavy atom. The summed E-state index contributed by atoms with van der Waals surface area (Å²) in [6.07, 6.45) is 1.79. The highest BCUT2D eigenvalue weighted by atomic mass is 32.1. The van der Waals surface area contributed by atoms with Crippen molar-refractivity contribution >= 4 is 38.9 Å². The summed E-state index contributed by atoms with van der Waals surface area (Å²) in [6.45, 7) is 0. The molecule has 5 heteroatoms. The third-order valence-corrected chi connectivity index (χ3v) is 4.56. The first-order chi connectivity index (χ1) is 9.79. The van der Waals surface area contributed by atoms with Crippen LogP contribution in [0.2, 0.25) is 0 Å². The van der Waals surface area contributed by atoms with E-state index in [1.54, 1.807) is 17.5 Å². The van der Waals surface area contributed by atoms with E-state index in [1.807, 2.05) is 37.4 Å². The van der Waals surface area contributed by atoms with Crippen LogP contribution in [0.3, 0.4) is 0 Å². The maximum Gasteiger partial charge on any atom is 0.143 e. The summed E-state index contributed by atoms with van der Waals surface area (Å²) in [6, 6.07) is 14.1. The molecule has 0 saturated heterocycles. The van der Waals surface area contributed by atoms with Gasteiger partial charge >= 0.3 is 0 Å². The summed E-state index contributed by atoms with van der Waals surface area (Å²) in [7, 11) is 1.85. The van der Waals surface area contributed by atoms with Crippen molar-refractivity contribution in [1.82, 2.24) is 15.3 Å². The lowest BCUT2D eigenvalue weighted by molar-refractivity contribution is 1.01. The van der Waals surface area contributed by atoms with Crippen LogP contribution in [0.15, 0.2) is 48.7 Å². The van der Waals surface area contributed by atoms with Gasteiger partial charge in [0.05, 0.1) is 10.9 Å². The van der Waals surface area contributed by atoms with Gasteiger partial charge in [-0.05, 0) is 17.7 Å². The maximum absolute atomic E-state index is 5.48. The molecule has 2 aromatic heterocycles. The summed E-state index contributed by atoms with van der Waals surface area (Å²) < 4.78 is 0. The molecule has 20 heavy (non-hydrogen) atoms. The van der Waals surface area contributed by atoms with E-state index in [9.17, 15) is 0 Å². The summed E-state index contributed by atoms with van der Waals surface area (Å²) in [5.74, 6) is -0.0181. The van der Waals surface area contributed by atoms with Crippen LogP contribution in [0.1, 0.15) is 16.5 Å². The van der Waals surface area contributed by atoms with Gasteiger partial charge in [-0.1, -0.05) is 53.9 Å². The Kier molecular flexibility index (Phi) is 3.71. The highest BCUT2D eigenvalue weighted by Gasteiger charge is 2.22. The molecular formula is C15H13N3S2. The first-order valence-electron chi connectivity index (χ1n) is 6.27. The minimum Gasteiger partial charge on any atom is -0.382 e. The summed E-state index contributed by atoms with van der Waals surface area (Å²) in [4.78, 5) is 10.8. The average molecular weight is 299 g/mol. The maximum atomic E-state index is 5.48. The van der Waals surface area contributed by atoms with Crippen molar-refractivity contribution in [3.8, 4) is 0 Å². The van der Waals surface area contributed by atoms with Crippen LogP contribution in [-0.4, -0.2) is 22.0 Å². The molecule has 1 N–H and O–H groups in total. The lowest BCUT2D eigenvalue weighted by Crippen LogP contribution is -2.24. The van der Waals surface area contributed by atoms with Crippen LogP contribution >= 0.6 is 23.6 Å². The highest BCUT2D eigenvalue weighted by molar-refractivity contribution is 7.80. The number of pyridine rings is 1. The van der Waals surface area contributed by atoms with E-state index in [1.165, 1.54) is 0 Å². The van der Waals surface area contributed by atoms with Crippen molar-refractivity contribution in [2.75, 3.05) is 7.05 Å². The number of rotatable bonds is 3. The highest BCUT2D eigenvalue weighted by Crippen LogP contribution is 2.31. The molecule has 0 bridgehead atoms. The van der Waals surface area contributed by atoms with E-state index in [2.05, 4.69) is 27.4 Å². The fourth-order valence-corrected chi connectivity index (χ4v) is 3.47. The zero-order chi connectivity index (χ0) is 13.9. The first-order valence-corrected chi connectivity index (χ1v) is 7.50. The van der Waals surface area contributed by atoms with E-state index in [-0.39, 0.29) is 5.92 Å². The zero-order valence-corrected chi connectivity index (χ0v) is 12.5. The van der Waals surface area contributed by atoms with E-state index < -0.39 is 0 Å². The number of nitrogens with zero attached hydrogens (tertiary/aromatic N) is 2. The number of thiocarbonyl (C=S) groups is 1. The van der Waals surface area contributed by atoms with Crippen molar-refractivity contribution < 1.29 is 0 Å². The molecule has 1 unspecified atom stereocenters. The summed E-state index contributed by atoms with van der Waals surface area (Å²) in [5, 5.41) is 4.06. The molecule has 0 saturated carbocycles. The second-order valence-electron chi connectivity index (χ2n) is 4.34. The lowest BCUT2D eigenvalue weighted by atomic mass is 10.00. The van der Waals surface area contributed by atoms with Crippen molar-refractivity contribution in [3.05, 3.63) is 59.2 Å². The fraction of sp³-hybridized carbons (Fsp3) is 0.133. The molecule has 0 fully saturated rings. The second-order valence-corrected chi connectivity index (χ2v) is 5.79. The van der Waals surface area contributed by atoms with Crippen LogP contribution in [0, 0.1) is 0 Å². The lowest BCUT2D eigenvalue weighted by Gasteiger charge is -2.15. The van der Waals surface area contributed by atoms with Crippen LogP contribution in [0.5, 0.6) is 0 Å². The van der Waals surface area contributed by atoms with E-state index in [0.717, 1.165) is 25.9 Å². The number of thiazole rings is 1. The standard InChI is InChI=1S/C15H13N3S2/c1-16-13(19)12(10-6-3-2-4-7-10)15-18-11-8-5-9-17-14(11)20-15/h2-9,12H,1H3,(H,16,19). The molecule has 0 aliphatic heterocycles. The molecular weight excluding hydrogens is 286 g/mol. The van der Waals surface area contributed by atoms with Crippen molar-refractivity contribution in [2.45, 2.75) is 5.92 Å². The number of benzene rings is 1. The summed E-state index contributed by atoms with van der Waals surface area (Å²) >= 11 is 7.07. The fourth-order valence-electron chi connectivity index (χ4n) is 2.11. The van der Waals surface area contributed by atoms with Crippen LogP contribution in [0.25, 0.3) is 10.3 Å². The van der Waals surface area contributed by atoms with Crippen LogP contribution in [0.4, 0.5) is 0 Å². The molecule has 0 aliphatic rings. The Balaban J connectivity index is 2.12. The minimum atomic E-state index is -0.0181. The Labute approximate surface area is 126 Å². The Hall–Kier alpha value is -1.85. The SMILES string of the molecule is CNC(=S)C(c1ccccc1)c1nc2cccnc2s1. The molecule has 3 nitrogen and oxygen atoms in total. The normalized spacial score (nSPS) is 12.2. The number of hydrogen-bond acceptors (Lipinski definition) is 4. The predicted molar refractivity (Wildman–Crippen MR) is 87.4 cm³/mol. The molecule has 3 aromatic rings. The Morgan fingerprint density at radius 1 is 1.20 bits per heavy atom. The monoisotopic (exact) mass is 299 g/mol. The van der Waals surface area contributed by atoms with Gasteiger partial charge in [-0.2, -0.15) is 0 Å². The van der Waals surface area contributed by atoms with E-state index >= 15 is 0 Å². The summed E-state index contributed by atoms with van der Waals surface area (Å²) in [5.41, 5.74) is 2.07. The average Bonchev–Trinajstić information content (AvgIpc) is 2.91. The second kappa shape index (κ2) is 5.64. The van der Waals surface area contributed by atoms with Gasteiger partial charge < -0.3 is 5.32 Å². The molecule has 0 radical (unpaired) electrons. The molecule has 0 amide bonds. The Bertz CT molecular complexity index is 704. The predicted octanol–water partition coefficient (Wildman–Crippen LogP) is 3.37. The number of aromatic nitrogens is 2. The Morgan fingerprint density at radius 2 is 2.00 bits per heavy atom. The topological polar surface area (TPSA) is 37.8 Å². The molecule has 100 valence electrons. The van der Waals surface area contributed by atoms with Crippen LogP contribution in [-0.2, 0) is 0 Å². The zero-order valence-electron chi connectivity index (χ0n) is 10.9. The smallest absolute Gasteiger partial charge is 0.143 e.